The number of carbonyl (C=O) groups is 1. The third kappa shape index (κ3) is 2.95. The molecule has 3 rings (SSSR count). The summed E-state index contributed by atoms with van der Waals surface area (Å²) in [4.78, 5) is 14.9. The van der Waals surface area contributed by atoms with Gasteiger partial charge >= 0.3 is 0 Å². The number of aromatic nitrogens is 4. The van der Waals surface area contributed by atoms with Crippen LogP contribution in [0.25, 0.3) is 17.0 Å². The molecule has 0 saturated carbocycles. The van der Waals surface area contributed by atoms with Gasteiger partial charge in [0, 0.05) is 23.9 Å². The first-order valence-electron chi connectivity index (χ1n) is 6.09. The molecule has 21 heavy (non-hydrogen) atoms. The van der Waals surface area contributed by atoms with Gasteiger partial charge in [-0.3, -0.25) is 15.0 Å². The summed E-state index contributed by atoms with van der Waals surface area (Å²) >= 11 is 0. The van der Waals surface area contributed by atoms with Crippen LogP contribution in [0, 0.1) is 0 Å². The predicted octanol–water partition coefficient (Wildman–Crippen LogP) is 0.986. The molecule has 2 N–H and O–H groups in total. The molecule has 3 aromatic heterocycles. The lowest BCUT2D eigenvalue weighted by Gasteiger charge is -1.94. The molecule has 0 unspecified atom stereocenters. The standard InChI is InChI=1S/C13H11N5O3/c19-13(16-20)2-1-10-7-18(17-15-10)8-11-5-9-6-14-4-3-12(9)21-11/h1-7,20H,8H2,(H,16,19). The normalized spacial score (nSPS) is 11.3. The lowest BCUT2D eigenvalue weighted by atomic mass is 10.3. The van der Waals surface area contributed by atoms with Crippen LogP contribution in [0.4, 0.5) is 0 Å². The van der Waals surface area contributed by atoms with E-state index in [1.807, 2.05) is 6.07 Å². The van der Waals surface area contributed by atoms with E-state index in [0.717, 1.165) is 22.8 Å². The molecule has 8 nitrogen and oxygen atoms in total. The first-order valence-corrected chi connectivity index (χ1v) is 6.09. The molecule has 1 amide bonds. The van der Waals surface area contributed by atoms with E-state index in [2.05, 4.69) is 15.3 Å². The van der Waals surface area contributed by atoms with E-state index in [1.165, 1.54) is 11.6 Å². The lowest BCUT2D eigenvalue weighted by Crippen LogP contribution is -2.14. The molecule has 0 aliphatic heterocycles. The minimum Gasteiger partial charge on any atom is -0.459 e. The van der Waals surface area contributed by atoms with Crippen LogP contribution in [0.2, 0.25) is 0 Å². The highest BCUT2D eigenvalue weighted by Crippen LogP contribution is 2.18. The highest BCUT2D eigenvalue weighted by atomic mass is 16.5. The number of rotatable bonds is 4. The Hall–Kier alpha value is -3.00. The summed E-state index contributed by atoms with van der Waals surface area (Å²) in [6.07, 6.45) is 7.65. The first kappa shape index (κ1) is 13.0. The van der Waals surface area contributed by atoms with Gasteiger partial charge in [0.2, 0.25) is 0 Å². The average molecular weight is 285 g/mol. The Balaban J connectivity index is 1.74. The van der Waals surface area contributed by atoms with Crippen molar-refractivity contribution in [2.24, 2.45) is 0 Å². The summed E-state index contributed by atoms with van der Waals surface area (Å²) < 4.78 is 7.24. The third-order valence-electron chi connectivity index (χ3n) is 2.76. The van der Waals surface area contributed by atoms with E-state index < -0.39 is 5.91 Å². The van der Waals surface area contributed by atoms with Crippen molar-refractivity contribution in [2.75, 3.05) is 0 Å². The maximum Gasteiger partial charge on any atom is 0.267 e. The van der Waals surface area contributed by atoms with Crippen LogP contribution >= 0.6 is 0 Å². The number of carbonyl (C=O) groups excluding carboxylic acids is 1. The number of hydrogen-bond acceptors (Lipinski definition) is 6. The van der Waals surface area contributed by atoms with Gasteiger partial charge in [-0.2, -0.15) is 0 Å². The summed E-state index contributed by atoms with van der Waals surface area (Å²) in [7, 11) is 0. The Morgan fingerprint density at radius 2 is 2.43 bits per heavy atom. The van der Waals surface area contributed by atoms with Crippen molar-refractivity contribution >= 4 is 23.0 Å². The maximum absolute atomic E-state index is 10.9. The lowest BCUT2D eigenvalue weighted by molar-refractivity contribution is -0.124. The molecule has 0 radical (unpaired) electrons. The Labute approximate surface area is 118 Å². The Kier molecular flexibility index (Phi) is 3.44. The van der Waals surface area contributed by atoms with Crippen LogP contribution in [-0.2, 0) is 11.3 Å². The summed E-state index contributed by atoms with van der Waals surface area (Å²) in [5, 5.41) is 17.1. The SMILES string of the molecule is O=C(C=Cc1cn(Cc2cc3cnccc3o2)nn1)NO. The van der Waals surface area contributed by atoms with Gasteiger partial charge < -0.3 is 4.42 Å². The number of nitrogens with zero attached hydrogens (tertiary/aromatic N) is 4. The third-order valence-corrected chi connectivity index (χ3v) is 2.76. The van der Waals surface area contributed by atoms with Crippen LogP contribution in [0.15, 0.2) is 41.2 Å². The first-order chi connectivity index (χ1) is 10.2. The Bertz CT molecular complexity index is 772. The fraction of sp³-hybridized carbons (Fsp3) is 0.0769. The second kappa shape index (κ2) is 5.55. The number of amides is 1. The zero-order valence-electron chi connectivity index (χ0n) is 10.8. The van der Waals surface area contributed by atoms with Crippen molar-refractivity contribution in [1.29, 1.82) is 0 Å². The monoisotopic (exact) mass is 285 g/mol. The molecule has 0 atom stereocenters. The molecular weight excluding hydrogens is 274 g/mol. The average Bonchev–Trinajstić information content (AvgIpc) is 3.10. The zero-order valence-corrected chi connectivity index (χ0v) is 10.8. The molecule has 0 bridgehead atoms. The maximum atomic E-state index is 10.9. The molecule has 3 heterocycles. The molecule has 0 saturated heterocycles. The minimum atomic E-state index is -0.630. The number of fused-ring (bicyclic) bond motifs is 1. The molecule has 0 fully saturated rings. The molecule has 8 heteroatoms. The van der Waals surface area contributed by atoms with E-state index in [0.29, 0.717) is 12.2 Å². The molecule has 106 valence electrons. The summed E-state index contributed by atoms with van der Waals surface area (Å²) in [6.45, 7) is 0.418. The van der Waals surface area contributed by atoms with Gasteiger partial charge in [-0.15, -0.1) is 5.10 Å². The summed E-state index contributed by atoms with van der Waals surface area (Å²) in [5.74, 6) is 0.0980. The van der Waals surface area contributed by atoms with Crippen LogP contribution in [0.5, 0.6) is 0 Å². The minimum absolute atomic E-state index is 0.418. The van der Waals surface area contributed by atoms with Gasteiger partial charge in [0.05, 0.1) is 6.20 Å². The van der Waals surface area contributed by atoms with E-state index in [-0.39, 0.29) is 0 Å². The van der Waals surface area contributed by atoms with Gasteiger partial charge in [0.15, 0.2) is 0 Å². The molecule has 3 aromatic rings. The molecule has 0 aliphatic rings. The smallest absolute Gasteiger partial charge is 0.267 e. The number of pyridine rings is 1. The quantitative estimate of drug-likeness (QED) is 0.420. The molecule has 0 spiro atoms. The zero-order chi connectivity index (χ0) is 14.7. The van der Waals surface area contributed by atoms with E-state index >= 15 is 0 Å². The Morgan fingerprint density at radius 1 is 1.52 bits per heavy atom. The van der Waals surface area contributed by atoms with Crippen LogP contribution in [0.3, 0.4) is 0 Å². The molecule has 0 aliphatic carbocycles. The van der Waals surface area contributed by atoms with Crippen LogP contribution in [0.1, 0.15) is 11.5 Å². The van der Waals surface area contributed by atoms with Crippen molar-refractivity contribution in [1.82, 2.24) is 25.5 Å². The van der Waals surface area contributed by atoms with Gasteiger partial charge in [0.25, 0.3) is 5.91 Å². The van der Waals surface area contributed by atoms with Gasteiger partial charge in [0.1, 0.15) is 23.6 Å². The fourth-order valence-corrected chi connectivity index (χ4v) is 1.84. The van der Waals surface area contributed by atoms with Crippen molar-refractivity contribution in [3.63, 3.8) is 0 Å². The molecular formula is C13H11N5O3. The number of nitrogens with one attached hydrogen (secondary N) is 1. The van der Waals surface area contributed by atoms with Crippen molar-refractivity contribution in [3.05, 3.63) is 48.3 Å². The van der Waals surface area contributed by atoms with Crippen molar-refractivity contribution in [3.8, 4) is 0 Å². The number of hydrogen-bond donors (Lipinski definition) is 2. The second-order valence-electron chi connectivity index (χ2n) is 4.28. The number of hydroxylamine groups is 1. The van der Waals surface area contributed by atoms with E-state index in [4.69, 9.17) is 9.62 Å². The summed E-state index contributed by atoms with van der Waals surface area (Å²) in [6, 6.07) is 3.68. The van der Waals surface area contributed by atoms with E-state index in [1.54, 1.807) is 29.3 Å². The molecule has 0 aromatic carbocycles. The second-order valence-corrected chi connectivity index (χ2v) is 4.28. The van der Waals surface area contributed by atoms with Crippen molar-refractivity contribution in [2.45, 2.75) is 6.54 Å². The van der Waals surface area contributed by atoms with E-state index in [9.17, 15) is 4.79 Å². The van der Waals surface area contributed by atoms with Crippen LogP contribution < -0.4 is 5.48 Å². The highest BCUT2D eigenvalue weighted by molar-refractivity contribution is 5.90. The summed E-state index contributed by atoms with van der Waals surface area (Å²) in [5.41, 5.74) is 2.76. The predicted molar refractivity (Wildman–Crippen MR) is 72.1 cm³/mol. The van der Waals surface area contributed by atoms with Crippen molar-refractivity contribution < 1.29 is 14.4 Å². The van der Waals surface area contributed by atoms with Crippen LogP contribution in [-0.4, -0.2) is 31.1 Å². The Morgan fingerprint density at radius 3 is 3.24 bits per heavy atom. The van der Waals surface area contributed by atoms with Gasteiger partial charge in [-0.25, -0.2) is 10.2 Å². The number of furan rings is 1. The largest absolute Gasteiger partial charge is 0.459 e. The highest BCUT2D eigenvalue weighted by Gasteiger charge is 2.06. The fourth-order valence-electron chi connectivity index (χ4n) is 1.84. The van der Waals surface area contributed by atoms with Gasteiger partial charge in [-0.05, 0) is 18.2 Å². The van der Waals surface area contributed by atoms with Gasteiger partial charge in [-0.1, -0.05) is 5.21 Å². The topological polar surface area (TPSA) is 106 Å².